The van der Waals surface area contributed by atoms with E-state index in [-0.39, 0.29) is 5.95 Å². The van der Waals surface area contributed by atoms with Crippen molar-refractivity contribution in [1.82, 2.24) is 15.0 Å². The molecule has 0 aliphatic carbocycles. The van der Waals surface area contributed by atoms with Crippen LogP contribution in [-0.4, -0.2) is 60.5 Å². The predicted octanol–water partition coefficient (Wildman–Crippen LogP) is 4.43. The van der Waals surface area contributed by atoms with Gasteiger partial charge in [-0.15, -0.1) is 0 Å². The predicted molar refractivity (Wildman–Crippen MR) is 153 cm³/mol. The van der Waals surface area contributed by atoms with Gasteiger partial charge in [0.2, 0.25) is 17.8 Å². The van der Waals surface area contributed by atoms with Gasteiger partial charge in [0.25, 0.3) is 0 Å². The summed E-state index contributed by atoms with van der Waals surface area (Å²) in [5.74, 6) is 1.43. The fourth-order valence-electron chi connectivity index (χ4n) is 3.89. The van der Waals surface area contributed by atoms with Crippen molar-refractivity contribution in [2.75, 3.05) is 49.1 Å². The number of carbonyl (C=O) groups excluding carboxylic acids is 1. The van der Waals surface area contributed by atoms with E-state index < -0.39 is 5.97 Å². The van der Waals surface area contributed by atoms with Crippen LogP contribution in [0.3, 0.4) is 0 Å². The molecule has 0 bridgehead atoms. The molecular formula is C29H29N7O4. The number of carbonyl (C=O) groups is 1. The molecule has 11 nitrogen and oxygen atoms in total. The summed E-state index contributed by atoms with van der Waals surface area (Å²) in [5.41, 5.74) is 5.97. The van der Waals surface area contributed by atoms with Crippen LogP contribution in [-0.2, 0) is 4.74 Å². The number of benzene rings is 3. The molecule has 2 N–H and O–H groups in total. The number of aromatic nitrogens is 3. The van der Waals surface area contributed by atoms with E-state index in [2.05, 4.69) is 30.8 Å². The first-order valence-electron chi connectivity index (χ1n) is 12.7. The number of esters is 1. The number of nitrogens with one attached hydrogen (secondary N) is 2. The summed E-state index contributed by atoms with van der Waals surface area (Å²) in [4.78, 5) is 28.2. The average Bonchev–Trinajstić information content (AvgIpc) is 2.99. The van der Waals surface area contributed by atoms with Crippen LogP contribution in [0.5, 0.6) is 11.5 Å². The van der Waals surface area contributed by atoms with Crippen LogP contribution in [0.4, 0.5) is 23.5 Å². The van der Waals surface area contributed by atoms with E-state index in [1.165, 1.54) is 7.11 Å². The second kappa shape index (κ2) is 12.7. The van der Waals surface area contributed by atoms with Crippen LogP contribution in [0.1, 0.15) is 21.5 Å². The van der Waals surface area contributed by atoms with Crippen molar-refractivity contribution in [1.29, 1.82) is 0 Å². The summed E-state index contributed by atoms with van der Waals surface area (Å²) in [6.07, 6.45) is 1.59. The van der Waals surface area contributed by atoms with E-state index in [0.29, 0.717) is 60.8 Å². The Labute approximate surface area is 231 Å². The van der Waals surface area contributed by atoms with E-state index in [1.807, 2.05) is 54.3 Å². The molecule has 3 aromatic carbocycles. The number of morpholine rings is 1. The van der Waals surface area contributed by atoms with Crippen molar-refractivity contribution in [3.8, 4) is 11.5 Å². The molecule has 40 heavy (non-hydrogen) atoms. The third-order valence-electron chi connectivity index (χ3n) is 6.00. The van der Waals surface area contributed by atoms with E-state index in [1.54, 1.807) is 36.5 Å². The van der Waals surface area contributed by atoms with Gasteiger partial charge in [-0.2, -0.15) is 20.1 Å². The fraction of sp³-hybridized carbons (Fsp3) is 0.207. The minimum Gasteiger partial charge on any atom is -0.493 e. The first-order valence-corrected chi connectivity index (χ1v) is 12.7. The summed E-state index contributed by atoms with van der Waals surface area (Å²) in [5, 5.41) is 7.52. The Morgan fingerprint density at radius 2 is 1.70 bits per heavy atom. The molecular weight excluding hydrogens is 510 g/mol. The van der Waals surface area contributed by atoms with Gasteiger partial charge in [-0.1, -0.05) is 35.9 Å². The van der Waals surface area contributed by atoms with Gasteiger partial charge in [0.1, 0.15) is 0 Å². The van der Waals surface area contributed by atoms with Gasteiger partial charge in [-0.25, -0.2) is 10.2 Å². The molecule has 0 unspecified atom stereocenters. The third-order valence-corrected chi connectivity index (χ3v) is 6.00. The quantitative estimate of drug-likeness (QED) is 0.137. The number of hydrogen-bond acceptors (Lipinski definition) is 11. The standard InChI is InChI=1S/C29H29N7O4/c1-20-8-11-22(12-9-20)26(37)40-24-13-10-21(18-25(24)38-2)19-30-35-28-32-27(31-23-6-4-3-5-7-23)33-29(34-28)36-14-16-39-17-15-36/h3-13,18-19H,14-17H2,1-2H3,(H2,31,32,33,34,35)/b30-19-. The number of para-hydroxylation sites is 1. The number of methoxy groups -OCH3 is 1. The van der Waals surface area contributed by atoms with Crippen molar-refractivity contribution in [2.24, 2.45) is 5.10 Å². The zero-order valence-electron chi connectivity index (χ0n) is 22.2. The van der Waals surface area contributed by atoms with Crippen molar-refractivity contribution in [3.05, 3.63) is 89.5 Å². The molecule has 0 spiro atoms. The molecule has 11 heteroatoms. The lowest BCUT2D eigenvalue weighted by Crippen LogP contribution is -2.37. The Hall–Kier alpha value is -5.03. The van der Waals surface area contributed by atoms with Crippen LogP contribution in [0.25, 0.3) is 0 Å². The Morgan fingerprint density at radius 1 is 0.950 bits per heavy atom. The van der Waals surface area contributed by atoms with E-state index in [4.69, 9.17) is 14.2 Å². The summed E-state index contributed by atoms with van der Waals surface area (Å²) in [7, 11) is 1.51. The van der Waals surface area contributed by atoms with Crippen LogP contribution >= 0.6 is 0 Å². The van der Waals surface area contributed by atoms with Gasteiger partial charge in [-0.05, 0) is 55.0 Å². The van der Waals surface area contributed by atoms with E-state index in [0.717, 1.165) is 11.3 Å². The number of ether oxygens (including phenoxy) is 3. The van der Waals surface area contributed by atoms with Crippen LogP contribution in [0.2, 0.25) is 0 Å². The van der Waals surface area contributed by atoms with E-state index in [9.17, 15) is 4.79 Å². The van der Waals surface area contributed by atoms with Crippen molar-refractivity contribution in [3.63, 3.8) is 0 Å². The Morgan fingerprint density at radius 3 is 2.45 bits per heavy atom. The number of anilines is 4. The van der Waals surface area contributed by atoms with Gasteiger partial charge < -0.3 is 24.4 Å². The molecule has 0 amide bonds. The zero-order valence-corrected chi connectivity index (χ0v) is 22.2. The first-order chi connectivity index (χ1) is 19.6. The van der Waals surface area contributed by atoms with Gasteiger partial charge in [0, 0.05) is 18.8 Å². The number of hydrogen-bond donors (Lipinski definition) is 2. The number of hydrazone groups is 1. The van der Waals surface area contributed by atoms with Gasteiger partial charge in [0.15, 0.2) is 11.5 Å². The smallest absolute Gasteiger partial charge is 0.343 e. The lowest BCUT2D eigenvalue weighted by molar-refractivity contribution is 0.0729. The first kappa shape index (κ1) is 26.6. The highest BCUT2D eigenvalue weighted by Gasteiger charge is 2.17. The number of aryl methyl sites for hydroxylation is 1. The Bertz CT molecular complexity index is 1470. The maximum Gasteiger partial charge on any atom is 0.343 e. The van der Waals surface area contributed by atoms with Crippen LogP contribution in [0, 0.1) is 6.92 Å². The molecule has 0 saturated carbocycles. The highest BCUT2D eigenvalue weighted by atomic mass is 16.6. The lowest BCUT2D eigenvalue weighted by Gasteiger charge is -2.27. The molecule has 1 aliphatic heterocycles. The van der Waals surface area contributed by atoms with Crippen LogP contribution < -0.4 is 25.1 Å². The molecule has 1 saturated heterocycles. The monoisotopic (exact) mass is 539 g/mol. The third kappa shape index (κ3) is 6.88. The Balaban J connectivity index is 1.30. The maximum absolute atomic E-state index is 12.5. The SMILES string of the molecule is COc1cc(/C=N\Nc2nc(Nc3ccccc3)nc(N3CCOCC3)n2)ccc1OC(=O)c1ccc(C)cc1. The zero-order chi connectivity index (χ0) is 27.7. The van der Waals surface area contributed by atoms with Gasteiger partial charge in [0.05, 0.1) is 32.1 Å². The summed E-state index contributed by atoms with van der Waals surface area (Å²) < 4.78 is 16.5. The minimum atomic E-state index is -0.466. The molecule has 0 atom stereocenters. The summed E-state index contributed by atoms with van der Waals surface area (Å²) in [6.45, 7) is 4.52. The highest BCUT2D eigenvalue weighted by Crippen LogP contribution is 2.28. The summed E-state index contributed by atoms with van der Waals surface area (Å²) >= 11 is 0. The molecule has 1 aromatic heterocycles. The molecule has 1 aliphatic rings. The molecule has 0 radical (unpaired) electrons. The highest BCUT2D eigenvalue weighted by molar-refractivity contribution is 5.91. The molecule has 5 rings (SSSR count). The number of nitrogens with zero attached hydrogens (tertiary/aromatic N) is 5. The molecule has 4 aromatic rings. The molecule has 1 fully saturated rings. The fourth-order valence-corrected chi connectivity index (χ4v) is 3.89. The van der Waals surface area contributed by atoms with Gasteiger partial charge in [-0.3, -0.25) is 0 Å². The second-order valence-corrected chi connectivity index (χ2v) is 8.91. The average molecular weight is 540 g/mol. The van der Waals surface area contributed by atoms with Crippen molar-refractivity contribution < 1.29 is 19.0 Å². The summed E-state index contributed by atoms with van der Waals surface area (Å²) in [6, 6.07) is 22.0. The van der Waals surface area contributed by atoms with Crippen molar-refractivity contribution >= 4 is 35.7 Å². The Kier molecular flexibility index (Phi) is 8.42. The second-order valence-electron chi connectivity index (χ2n) is 8.91. The van der Waals surface area contributed by atoms with Crippen molar-refractivity contribution in [2.45, 2.75) is 6.92 Å². The molecule has 204 valence electrons. The number of rotatable bonds is 9. The normalized spacial score (nSPS) is 13.2. The van der Waals surface area contributed by atoms with Crippen LogP contribution in [0.15, 0.2) is 77.9 Å². The lowest BCUT2D eigenvalue weighted by atomic mass is 10.1. The molecule has 2 heterocycles. The minimum absolute atomic E-state index is 0.279. The van der Waals surface area contributed by atoms with Gasteiger partial charge >= 0.3 is 5.97 Å². The van der Waals surface area contributed by atoms with E-state index >= 15 is 0 Å². The topological polar surface area (TPSA) is 123 Å². The largest absolute Gasteiger partial charge is 0.493 e. The maximum atomic E-state index is 12.5.